The second-order valence-corrected chi connectivity index (χ2v) is 5.36. The van der Waals surface area contributed by atoms with E-state index in [1.165, 1.54) is 0 Å². The molecule has 0 bridgehead atoms. The maximum absolute atomic E-state index is 12.4. The summed E-state index contributed by atoms with van der Waals surface area (Å²) in [6.45, 7) is 8.18. The minimum atomic E-state index is -0.916. The molecule has 1 N–H and O–H groups in total. The molecule has 0 aliphatic carbocycles. The lowest BCUT2D eigenvalue weighted by Crippen LogP contribution is -2.45. The van der Waals surface area contributed by atoms with Crippen molar-refractivity contribution in [1.82, 2.24) is 4.90 Å². The number of hydrogen-bond donors (Lipinski definition) is 1. The van der Waals surface area contributed by atoms with E-state index in [2.05, 4.69) is 6.58 Å². The van der Waals surface area contributed by atoms with E-state index >= 15 is 0 Å². The summed E-state index contributed by atoms with van der Waals surface area (Å²) in [5.74, 6) is -0.909. The van der Waals surface area contributed by atoms with Gasteiger partial charge in [-0.2, -0.15) is 0 Å². The van der Waals surface area contributed by atoms with Crippen LogP contribution in [0.1, 0.15) is 52.4 Å². The van der Waals surface area contributed by atoms with Crippen LogP contribution in [0.2, 0.25) is 0 Å². The molecule has 0 aromatic carbocycles. The number of likely N-dealkylation sites (tertiary alicyclic amines) is 1. The van der Waals surface area contributed by atoms with Crippen LogP contribution < -0.4 is 0 Å². The van der Waals surface area contributed by atoms with Crippen molar-refractivity contribution in [3.05, 3.63) is 12.7 Å². The number of carboxylic acid groups (broad SMARTS) is 1. The molecule has 1 aliphatic heterocycles. The van der Waals surface area contributed by atoms with E-state index in [4.69, 9.17) is 0 Å². The van der Waals surface area contributed by atoms with Crippen LogP contribution in [0.4, 0.5) is 0 Å². The number of aliphatic carboxylic acids is 1. The second-order valence-electron chi connectivity index (χ2n) is 5.36. The summed E-state index contributed by atoms with van der Waals surface area (Å²) in [6, 6.07) is 0.0708. The Bertz CT molecular complexity index is 347. The van der Waals surface area contributed by atoms with Gasteiger partial charge in [0.05, 0.1) is 5.41 Å². The number of amides is 1. The summed E-state index contributed by atoms with van der Waals surface area (Å²) in [6.07, 6.45) is 5.90. The third-order valence-electron chi connectivity index (χ3n) is 4.44. The van der Waals surface area contributed by atoms with Crippen molar-refractivity contribution in [2.45, 2.75) is 58.4 Å². The van der Waals surface area contributed by atoms with Gasteiger partial charge in [-0.1, -0.05) is 19.9 Å². The van der Waals surface area contributed by atoms with Crippen molar-refractivity contribution in [1.29, 1.82) is 0 Å². The lowest BCUT2D eigenvalue weighted by atomic mass is 9.78. The summed E-state index contributed by atoms with van der Waals surface area (Å²) in [4.78, 5) is 25.7. The van der Waals surface area contributed by atoms with Crippen molar-refractivity contribution in [3.63, 3.8) is 0 Å². The fourth-order valence-corrected chi connectivity index (χ4v) is 2.78. The van der Waals surface area contributed by atoms with Crippen molar-refractivity contribution >= 4 is 11.9 Å². The van der Waals surface area contributed by atoms with E-state index in [-0.39, 0.29) is 18.4 Å². The summed E-state index contributed by atoms with van der Waals surface area (Å²) in [5, 5.41) is 9.40. The van der Waals surface area contributed by atoms with Crippen LogP contribution >= 0.6 is 0 Å². The zero-order chi connectivity index (χ0) is 14.5. The molecule has 108 valence electrons. The Labute approximate surface area is 115 Å². The van der Waals surface area contributed by atoms with Crippen LogP contribution in [0.25, 0.3) is 0 Å². The zero-order valence-corrected chi connectivity index (χ0v) is 12.0. The van der Waals surface area contributed by atoms with E-state index in [9.17, 15) is 14.7 Å². The van der Waals surface area contributed by atoms with Gasteiger partial charge in [-0.25, -0.2) is 0 Å². The topological polar surface area (TPSA) is 57.6 Å². The summed E-state index contributed by atoms with van der Waals surface area (Å²) < 4.78 is 0. The van der Waals surface area contributed by atoms with Gasteiger partial charge in [-0.15, -0.1) is 6.58 Å². The largest absolute Gasteiger partial charge is 0.481 e. The molecule has 0 saturated carbocycles. The first-order chi connectivity index (χ1) is 9.00. The van der Waals surface area contributed by atoms with Gasteiger partial charge in [0.25, 0.3) is 0 Å². The third kappa shape index (κ3) is 3.37. The lowest BCUT2D eigenvalue weighted by Gasteiger charge is -2.36. The number of nitrogens with zero attached hydrogens (tertiary/aromatic N) is 1. The highest BCUT2D eigenvalue weighted by molar-refractivity contribution is 5.85. The van der Waals surface area contributed by atoms with E-state index in [0.717, 1.165) is 25.8 Å². The summed E-state index contributed by atoms with van der Waals surface area (Å²) in [7, 11) is 0. The molecular formula is C15H25NO3. The minimum Gasteiger partial charge on any atom is -0.481 e. The van der Waals surface area contributed by atoms with Gasteiger partial charge < -0.3 is 10.0 Å². The van der Waals surface area contributed by atoms with Gasteiger partial charge in [-0.3, -0.25) is 9.59 Å². The number of piperidine rings is 1. The number of carboxylic acids is 1. The monoisotopic (exact) mass is 267 g/mol. The highest BCUT2D eigenvalue weighted by Gasteiger charge is 2.39. The Balaban J connectivity index is 2.81. The third-order valence-corrected chi connectivity index (χ3v) is 4.44. The predicted molar refractivity (Wildman–Crippen MR) is 74.8 cm³/mol. The van der Waals surface area contributed by atoms with Gasteiger partial charge >= 0.3 is 5.97 Å². The van der Waals surface area contributed by atoms with E-state index in [1.54, 1.807) is 11.0 Å². The fourth-order valence-electron chi connectivity index (χ4n) is 2.78. The molecule has 1 amide bonds. The average Bonchev–Trinajstić information content (AvgIpc) is 2.44. The highest BCUT2D eigenvalue weighted by Crippen LogP contribution is 2.33. The van der Waals surface area contributed by atoms with Crippen molar-refractivity contribution in [2.24, 2.45) is 5.41 Å². The fraction of sp³-hybridized carbons (Fsp3) is 0.733. The molecule has 1 saturated heterocycles. The molecule has 1 aliphatic rings. The molecule has 1 rings (SSSR count). The smallest absolute Gasteiger partial charge is 0.310 e. The Kier molecular flexibility index (Phi) is 5.58. The van der Waals surface area contributed by atoms with Crippen LogP contribution in [0.5, 0.6) is 0 Å². The van der Waals surface area contributed by atoms with Gasteiger partial charge in [0.15, 0.2) is 0 Å². The van der Waals surface area contributed by atoms with E-state index in [1.807, 2.05) is 13.8 Å². The molecule has 0 radical (unpaired) electrons. The summed E-state index contributed by atoms with van der Waals surface area (Å²) >= 11 is 0. The molecule has 0 spiro atoms. The molecule has 0 aromatic rings. The molecule has 0 unspecified atom stereocenters. The van der Waals surface area contributed by atoms with Gasteiger partial charge in [0, 0.05) is 19.0 Å². The average molecular weight is 267 g/mol. The first-order valence-electron chi connectivity index (χ1n) is 7.16. The quantitative estimate of drug-likeness (QED) is 0.753. The Morgan fingerprint density at radius 3 is 2.47 bits per heavy atom. The SMILES string of the molecule is C=C[C@@H]1CCCCN1C(=O)CC(CC)(CC)C(=O)O. The van der Waals surface area contributed by atoms with Crippen molar-refractivity contribution in [2.75, 3.05) is 6.54 Å². The molecule has 1 heterocycles. The van der Waals surface area contributed by atoms with Crippen LogP contribution in [-0.4, -0.2) is 34.5 Å². The lowest BCUT2D eigenvalue weighted by molar-refractivity contribution is -0.155. The number of rotatable bonds is 6. The van der Waals surface area contributed by atoms with Crippen molar-refractivity contribution < 1.29 is 14.7 Å². The maximum atomic E-state index is 12.4. The molecule has 4 heteroatoms. The Morgan fingerprint density at radius 2 is 2.00 bits per heavy atom. The molecule has 0 aromatic heterocycles. The van der Waals surface area contributed by atoms with Gasteiger partial charge in [0.1, 0.15) is 0 Å². The minimum absolute atomic E-state index is 0.0456. The molecule has 4 nitrogen and oxygen atoms in total. The standard InChI is InChI=1S/C15H25NO3/c1-4-12-9-7-8-10-16(12)13(17)11-15(5-2,6-3)14(18)19/h4,12H,1,5-11H2,2-3H3,(H,18,19)/t12-/m1/s1. The molecule has 1 fully saturated rings. The number of carbonyl (C=O) groups excluding carboxylic acids is 1. The molecule has 19 heavy (non-hydrogen) atoms. The summed E-state index contributed by atoms with van der Waals surface area (Å²) in [5.41, 5.74) is -0.916. The number of carbonyl (C=O) groups is 2. The Morgan fingerprint density at radius 1 is 1.37 bits per heavy atom. The Hall–Kier alpha value is -1.32. The van der Waals surface area contributed by atoms with E-state index in [0.29, 0.717) is 12.8 Å². The molecular weight excluding hydrogens is 242 g/mol. The van der Waals surface area contributed by atoms with Crippen LogP contribution in [0, 0.1) is 5.41 Å². The van der Waals surface area contributed by atoms with Crippen LogP contribution in [-0.2, 0) is 9.59 Å². The maximum Gasteiger partial charge on any atom is 0.310 e. The first kappa shape index (κ1) is 15.7. The van der Waals surface area contributed by atoms with E-state index < -0.39 is 11.4 Å². The first-order valence-corrected chi connectivity index (χ1v) is 7.16. The number of hydrogen-bond acceptors (Lipinski definition) is 2. The molecule has 1 atom stereocenters. The zero-order valence-electron chi connectivity index (χ0n) is 12.0. The van der Waals surface area contributed by atoms with Gasteiger partial charge in [0.2, 0.25) is 5.91 Å². The second kappa shape index (κ2) is 6.73. The van der Waals surface area contributed by atoms with Crippen LogP contribution in [0.15, 0.2) is 12.7 Å². The van der Waals surface area contributed by atoms with Crippen LogP contribution in [0.3, 0.4) is 0 Å². The highest BCUT2D eigenvalue weighted by atomic mass is 16.4. The van der Waals surface area contributed by atoms with Crippen molar-refractivity contribution in [3.8, 4) is 0 Å². The predicted octanol–water partition coefficient (Wildman–Crippen LogP) is 2.83. The van der Waals surface area contributed by atoms with Gasteiger partial charge in [-0.05, 0) is 32.1 Å². The normalized spacial score (nSPS) is 20.1.